The summed E-state index contributed by atoms with van der Waals surface area (Å²) < 4.78 is 31.7. The summed E-state index contributed by atoms with van der Waals surface area (Å²) in [7, 11) is -3.81. The fourth-order valence-electron chi connectivity index (χ4n) is 2.72. The molecule has 1 aromatic rings. The van der Waals surface area contributed by atoms with Crippen LogP contribution in [0.1, 0.15) is 37.0 Å². The van der Waals surface area contributed by atoms with E-state index in [0.717, 1.165) is 0 Å². The fourth-order valence-corrected chi connectivity index (χ4v) is 4.43. The van der Waals surface area contributed by atoms with Crippen molar-refractivity contribution in [3.8, 4) is 0 Å². The van der Waals surface area contributed by atoms with Gasteiger partial charge >= 0.3 is 11.9 Å². The molecule has 2 rings (SSSR count). The van der Waals surface area contributed by atoms with E-state index in [9.17, 15) is 18.0 Å². The summed E-state index contributed by atoms with van der Waals surface area (Å²) in [5.74, 6) is -2.20. The minimum absolute atomic E-state index is 0.0356. The Kier molecular flexibility index (Phi) is 5.61. The predicted molar refractivity (Wildman–Crippen MR) is 86.1 cm³/mol. The average Bonchev–Trinajstić information content (AvgIpc) is 2.55. The summed E-state index contributed by atoms with van der Waals surface area (Å²) in [6.45, 7) is 3.65. The summed E-state index contributed by atoms with van der Waals surface area (Å²) in [5.41, 5.74) is 0.269. The van der Waals surface area contributed by atoms with Gasteiger partial charge in [-0.2, -0.15) is 4.31 Å². The third-order valence-electron chi connectivity index (χ3n) is 4.15. The topological polar surface area (TPSA) is 101 Å². The van der Waals surface area contributed by atoms with E-state index in [0.29, 0.717) is 12.8 Å². The van der Waals surface area contributed by atoms with Crippen LogP contribution in [0.3, 0.4) is 0 Å². The van der Waals surface area contributed by atoms with Crippen LogP contribution in [-0.4, -0.2) is 49.0 Å². The van der Waals surface area contributed by atoms with Gasteiger partial charge in [0.15, 0.2) is 0 Å². The molecule has 0 saturated carbocycles. The summed E-state index contributed by atoms with van der Waals surface area (Å²) in [5, 5.41) is 9.15. The molecule has 2 unspecified atom stereocenters. The second-order valence-corrected chi connectivity index (χ2v) is 7.67. The largest absolute Gasteiger partial charge is 0.481 e. The quantitative estimate of drug-likeness (QED) is 0.807. The van der Waals surface area contributed by atoms with Crippen molar-refractivity contribution in [2.24, 2.45) is 5.92 Å². The van der Waals surface area contributed by atoms with Gasteiger partial charge in [-0.3, -0.25) is 4.79 Å². The molecule has 0 amide bonds. The molecule has 7 nitrogen and oxygen atoms in total. The summed E-state index contributed by atoms with van der Waals surface area (Å²) in [6, 6.07) is 5.22. The normalized spacial score (nSPS) is 22.1. The SMILES string of the molecule is CCOC(=O)c1ccc(S(=O)(=O)N2CC(C(=O)O)CCC2C)cc1. The van der Waals surface area contributed by atoms with Gasteiger partial charge in [0, 0.05) is 12.6 Å². The zero-order chi connectivity index (χ0) is 17.9. The molecule has 1 aliphatic rings. The molecule has 24 heavy (non-hydrogen) atoms. The first-order valence-electron chi connectivity index (χ1n) is 7.79. The lowest BCUT2D eigenvalue weighted by Crippen LogP contribution is -2.47. The summed E-state index contributed by atoms with van der Waals surface area (Å²) in [4.78, 5) is 22.8. The number of ether oxygens (including phenoxy) is 1. The van der Waals surface area contributed by atoms with E-state index < -0.39 is 27.9 Å². The number of carboxylic acids is 1. The van der Waals surface area contributed by atoms with Gasteiger partial charge in [0.2, 0.25) is 10.0 Å². The number of hydrogen-bond acceptors (Lipinski definition) is 5. The van der Waals surface area contributed by atoms with Crippen LogP contribution >= 0.6 is 0 Å². The number of sulfonamides is 1. The maximum atomic E-state index is 12.8. The Balaban J connectivity index is 2.25. The van der Waals surface area contributed by atoms with E-state index in [4.69, 9.17) is 9.84 Å². The first-order chi connectivity index (χ1) is 11.3. The second-order valence-electron chi connectivity index (χ2n) is 5.78. The predicted octanol–water partition coefficient (Wildman–Crippen LogP) is 1.74. The molecule has 132 valence electrons. The van der Waals surface area contributed by atoms with Crippen LogP contribution in [-0.2, 0) is 19.6 Å². The molecule has 1 fully saturated rings. The van der Waals surface area contributed by atoms with Gasteiger partial charge in [-0.15, -0.1) is 0 Å². The van der Waals surface area contributed by atoms with E-state index in [-0.39, 0.29) is 29.7 Å². The number of carbonyl (C=O) groups is 2. The highest BCUT2D eigenvalue weighted by molar-refractivity contribution is 7.89. The van der Waals surface area contributed by atoms with Gasteiger partial charge in [-0.25, -0.2) is 13.2 Å². The highest BCUT2D eigenvalue weighted by Crippen LogP contribution is 2.28. The number of carboxylic acid groups (broad SMARTS) is 1. The van der Waals surface area contributed by atoms with Crippen molar-refractivity contribution in [3.05, 3.63) is 29.8 Å². The number of esters is 1. The zero-order valence-electron chi connectivity index (χ0n) is 13.6. The lowest BCUT2D eigenvalue weighted by Gasteiger charge is -2.35. The lowest BCUT2D eigenvalue weighted by molar-refractivity contribution is -0.143. The number of carbonyl (C=O) groups excluding carboxylic acids is 1. The van der Waals surface area contributed by atoms with Crippen molar-refractivity contribution in [1.29, 1.82) is 0 Å². The molecule has 1 aromatic carbocycles. The molecular formula is C16H21NO6S. The molecule has 2 atom stereocenters. The van der Waals surface area contributed by atoms with Gasteiger partial charge in [0.05, 0.1) is 23.0 Å². The zero-order valence-corrected chi connectivity index (χ0v) is 14.5. The molecule has 8 heteroatoms. The van der Waals surface area contributed by atoms with Crippen LogP contribution in [0, 0.1) is 5.92 Å². The lowest BCUT2D eigenvalue weighted by atomic mass is 9.96. The molecule has 0 aliphatic carbocycles. The smallest absolute Gasteiger partial charge is 0.338 e. The molecule has 1 N–H and O–H groups in total. The van der Waals surface area contributed by atoms with E-state index in [2.05, 4.69) is 0 Å². The van der Waals surface area contributed by atoms with Gasteiger partial charge < -0.3 is 9.84 Å². The standard InChI is InChI=1S/C16H21NO6S/c1-3-23-16(20)12-6-8-14(9-7-12)24(21,22)17-10-13(15(18)19)5-4-11(17)2/h6-9,11,13H,3-5,10H2,1-2H3,(H,18,19). The van der Waals surface area contributed by atoms with Gasteiger partial charge in [0.1, 0.15) is 0 Å². The molecular weight excluding hydrogens is 334 g/mol. The number of nitrogens with zero attached hydrogens (tertiary/aromatic N) is 1. The van der Waals surface area contributed by atoms with Gasteiger partial charge in [-0.1, -0.05) is 0 Å². The Bertz CT molecular complexity index is 713. The van der Waals surface area contributed by atoms with Crippen LogP contribution in [0.15, 0.2) is 29.2 Å². The van der Waals surface area contributed by atoms with Crippen molar-refractivity contribution < 1.29 is 27.9 Å². The second kappa shape index (κ2) is 7.31. The third-order valence-corrected chi connectivity index (χ3v) is 6.14. The number of benzene rings is 1. The Morgan fingerprint density at radius 1 is 1.25 bits per heavy atom. The third kappa shape index (κ3) is 3.76. The Morgan fingerprint density at radius 2 is 1.88 bits per heavy atom. The van der Waals surface area contributed by atoms with Crippen molar-refractivity contribution >= 4 is 22.0 Å². The fraction of sp³-hybridized carbons (Fsp3) is 0.500. The Hall–Kier alpha value is -1.93. The maximum absolute atomic E-state index is 12.8. The molecule has 1 saturated heterocycles. The first kappa shape index (κ1) is 18.4. The number of hydrogen-bond donors (Lipinski definition) is 1. The molecule has 0 aromatic heterocycles. The minimum atomic E-state index is -3.81. The maximum Gasteiger partial charge on any atom is 0.338 e. The van der Waals surface area contributed by atoms with Crippen LogP contribution in [0.2, 0.25) is 0 Å². The number of aliphatic carboxylic acids is 1. The van der Waals surface area contributed by atoms with E-state index in [1.54, 1.807) is 13.8 Å². The molecule has 0 spiro atoms. The monoisotopic (exact) mass is 355 g/mol. The van der Waals surface area contributed by atoms with Gasteiger partial charge in [-0.05, 0) is 51.0 Å². The first-order valence-corrected chi connectivity index (χ1v) is 9.23. The van der Waals surface area contributed by atoms with Crippen molar-refractivity contribution in [1.82, 2.24) is 4.31 Å². The highest BCUT2D eigenvalue weighted by atomic mass is 32.2. The molecule has 0 bridgehead atoms. The van der Waals surface area contributed by atoms with Crippen LogP contribution in [0.5, 0.6) is 0 Å². The Morgan fingerprint density at radius 3 is 2.42 bits per heavy atom. The van der Waals surface area contributed by atoms with Crippen molar-refractivity contribution in [2.45, 2.75) is 37.6 Å². The van der Waals surface area contributed by atoms with Crippen LogP contribution in [0.25, 0.3) is 0 Å². The average molecular weight is 355 g/mol. The highest BCUT2D eigenvalue weighted by Gasteiger charge is 2.37. The molecule has 0 radical (unpaired) electrons. The van der Waals surface area contributed by atoms with Crippen LogP contribution in [0.4, 0.5) is 0 Å². The summed E-state index contributed by atoms with van der Waals surface area (Å²) in [6.07, 6.45) is 0.960. The van der Waals surface area contributed by atoms with Crippen LogP contribution < -0.4 is 0 Å². The Labute approximate surface area is 141 Å². The van der Waals surface area contributed by atoms with E-state index in [1.807, 2.05) is 0 Å². The van der Waals surface area contributed by atoms with Gasteiger partial charge in [0.25, 0.3) is 0 Å². The molecule has 1 heterocycles. The van der Waals surface area contributed by atoms with E-state index >= 15 is 0 Å². The van der Waals surface area contributed by atoms with E-state index in [1.165, 1.54) is 28.6 Å². The molecule has 1 aliphatic heterocycles. The minimum Gasteiger partial charge on any atom is -0.481 e. The van der Waals surface area contributed by atoms with Crippen molar-refractivity contribution in [2.75, 3.05) is 13.2 Å². The number of piperidine rings is 1. The number of rotatable bonds is 5. The van der Waals surface area contributed by atoms with Crippen molar-refractivity contribution in [3.63, 3.8) is 0 Å². The summed E-state index contributed by atoms with van der Waals surface area (Å²) >= 11 is 0.